The van der Waals surface area contributed by atoms with Gasteiger partial charge in [0.15, 0.2) is 23.2 Å². The second-order valence-corrected chi connectivity index (χ2v) is 10.3. The number of ether oxygens (including phenoxy) is 1. The maximum atomic E-state index is 15.1. The van der Waals surface area contributed by atoms with Crippen LogP contribution >= 0.6 is 0 Å². The number of benzene rings is 2. The van der Waals surface area contributed by atoms with Crippen LogP contribution in [0.2, 0.25) is 0 Å². The molecule has 37 heavy (non-hydrogen) atoms. The van der Waals surface area contributed by atoms with Crippen molar-refractivity contribution < 1.29 is 22.3 Å². The van der Waals surface area contributed by atoms with E-state index in [4.69, 9.17) is 4.74 Å². The van der Waals surface area contributed by atoms with Crippen molar-refractivity contribution in [2.24, 2.45) is 17.8 Å². The molecule has 2 aromatic carbocycles. The smallest absolute Gasteiger partial charge is 0.201 e. The molecule has 0 spiro atoms. The van der Waals surface area contributed by atoms with Gasteiger partial charge in [0.25, 0.3) is 0 Å². The Morgan fingerprint density at radius 2 is 1.54 bits per heavy atom. The molecule has 0 N–H and O–H groups in total. The van der Waals surface area contributed by atoms with E-state index in [2.05, 4.69) is 37.5 Å². The van der Waals surface area contributed by atoms with Gasteiger partial charge in [-0.15, -0.1) is 0 Å². The van der Waals surface area contributed by atoms with E-state index in [9.17, 15) is 13.2 Å². The molecule has 1 nitrogen and oxygen atoms in total. The highest BCUT2D eigenvalue weighted by molar-refractivity contribution is 5.47. The predicted octanol–water partition coefficient (Wildman–Crippen LogP) is 8.86. The third-order valence-corrected chi connectivity index (χ3v) is 7.99. The van der Waals surface area contributed by atoms with Crippen molar-refractivity contribution in [2.45, 2.75) is 64.2 Å². The summed E-state index contributed by atoms with van der Waals surface area (Å²) in [5, 5.41) is 0. The van der Waals surface area contributed by atoms with Crippen LogP contribution in [0.5, 0.6) is 5.75 Å². The summed E-state index contributed by atoms with van der Waals surface area (Å²) >= 11 is 0. The first kappa shape index (κ1) is 27.0. The molecule has 0 saturated heterocycles. The van der Waals surface area contributed by atoms with Gasteiger partial charge in [-0.25, -0.2) is 13.2 Å². The van der Waals surface area contributed by atoms with Gasteiger partial charge in [0.05, 0.1) is 11.1 Å². The Morgan fingerprint density at radius 3 is 2.27 bits per heavy atom. The van der Waals surface area contributed by atoms with Gasteiger partial charge in [0.1, 0.15) is 6.61 Å². The molecule has 4 unspecified atom stereocenters. The van der Waals surface area contributed by atoms with E-state index < -0.39 is 23.3 Å². The molecular formula is C32H34F4O. The van der Waals surface area contributed by atoms with Gasteiger partial charge >= 0.3 is 0 Å². The van der Waals surface area contributed by atoms with E-state index in [1.54, 1.807) is 6.07 Å². The van der Waals surface area contributed by atoms with E-state index >= 15 is 4.39 Å². The minimum Gasteiger partial charge on any atom is -0.486 e. The van der Waals surface area contributed by atoms with Crippen LogP contribution in [-0.4, -0.2) is 6.61 Å². The van der Waals surface area contributed by atoms with Crippen LogP contribution in [0.3, 0.4) is 0 Å². The molecule has 2 saturated carbocycles. The predicted molar refractivity (Wildman–Crippen MR) is 139 cm³/mol. The van der Waals surface area contributed by atoms with Crippen LogP contribution in [0.1, 0.15) is 80.9 Å². The number of rotatable bonds is 7. The van der Waals surface area contributed by atoms with Gasteiger partial charge in [0, 0.05) is 0 Å². The number of halogens is 4. The number of hydrogen-bond donors (Lipinski definition) is 0. The molecule has 0 aliphatic heterocycles. The maximum Gasteiger partial charge on any atom is 0.201 e. The molecule has 4 atom stereocenters. The van der Waals surface area contributed by atoms with Gasteiger partial charge in [-0.3, -0.25) is 0 Å². The number of fused-ring (bicyclic) bond motifs is 1. The van der Waals surface area contributed by atoms with Crippen LogP contribution in [0.25, 0.3) is 0 Å². The highest BCUT2D eigenvalue weighted by Crippen LogP contribution is 2.48. The van der Waals surface area contributed by atoms with E-state index in [-0.39, 0.29) is 29.4 Å². The number of allylic oxidation sites excluding steroid dienone is 2. The van der Waals surface area contributed by atoms with Gasteiger partial charge in [-0.2, -0.15) is 4.39 Å². The molecule has 196 valence electrons. The van der Waals surface area contributed by atoms with Crippen LogP contribution in [0.15, 0.2) is 49.1 Å². The molecule has 0 bridgehead atoms. The summed E-state index contributed by atoms with van der Waals surface area (Å²) in [6.45, 7) is 5.54. The minimum atomic E-state index is -1.19. The monoisotopic (exact) mass is 510 g/mol. The lowest BCUT2D eigenvalue weighted by Gasteiger charge is -2.42. The highest BCUT2D eigenvalue weighted by Gasteiger charge is 2.36. The average molecular weight is 511 g/mol. The Morgan fingerprint density at radius 1 is 0.865 bits per heavy atom. The summed E-state index contributed by atoms with van der Waals surface area (Å²) in [6.07, 6.45) is 14.6. The zero-order valence-electron chi connectivity index (χ0n) is 21.3. The molecule has 0 heterocycles. The zero-order chi connectivity index (χ0) is 26.4. The molecule has 0 amide bonds. The van der Waals surface area contributed by atoms with E-state index in [0.29, 0.717) is 17.4 Å². The fraction of sp³-hybridized carbons (Fsp3) is 0.438. The Hall–Kier alpha value is -3.00. The molecule has 4 rings (SSSR count). The Balaban J connectivity index is 1.44. The van der Waals surface area contributed by atoms with E-state index in [0.717, 1.165) is 38.0 Å². The maximum absolute atomic E-state index is 15.1. The third-order valence-electron chi connectivity index (χ3n) is 7.99. The summed E-state index contributed by atoms with van der Waals surface area (Å²) in [4.78, 5) is 0. The SMILES string of the molecule is C=CCOc1ccc(C#Cc2ccc(C3CCC4CC(CC/C=C/C)CCC4C3)c(F)c2F)c(F)c1F. The van der Waals surface area contributed by atoms with Crippen molar-refractivity contribution in [3.05, 3.63) is 89.0 Å². The minimum absolute atomic E-state index is 0.00742. The lowest BCUT2D eigenvalue weighted by atomic mass is 9.63. The van der Waals surface area contributed by atoms with Crippen molar-refractivity contribution >= 4 is 0 Å². The quantitative estimate of drug-likeness (QED) is 0.205. The van der Waals surface area contributed by atoms with Crippen LogP contribution in [0, 0.1) is 52.9 Å². The fourth-order valence-corrected chi connectivity index (χ4v) is 6.03. The molecule has 5 heteroatoms. The Kier molecular flexibility index (Phi) is 9.14. The summed E-state index contributed by atoms with van der Waals surface area (Å²) in [5.74, 6) is 2.36. The second kappa shape index (κ2) is 12.5. The van der Waals surface area contributed by atoms with Crippen molar-refractivity contribution in [1.29, 1.82) is 0 Å². The molecule has 2 aliphatic carbocycles. The molecule has 0 radical (unpaired) electrons. The van der Waals surface area contributed by atoms with Gasteiger partial charge in [0.2, 0.25) is 5.82 Å². The molecule has 0 aromatic heterocycles. The topological polar surface area (TPSA) is 9.23 Å². The van der Waals surface area contributed by atoms with Crippen molar-refractivity contribution in [1.82, 2.24) is 0 Å². The molecule has 2 aliphatic rings. The van der Waals surface area contributed by atoms with Gasteiger partial charge in [-0.1, -0.05) is 49.1 Å². The first-order chi connectivity index (χ1) is 17.9. The Bertz CT molecular complexity index is 1210. The van der Waals surface area contributed by atoms with Crippen molar-refractivity contribution in [2.75, 3.05) is 6.61 Å². The summed E-state index contributed by atoms with van der Waals surface area (Å²) in [5.41, 5.74) is -0.0343. The van der Waals surface area contributed by atoms with E-state index in [1.807, 2.05) is 0 Å². The van der Waals surface area contributed by atoms with Gasteiger partial charge in [-0.05, 0) is 99.3 Å². The largest absolute Gasteiger partial charge is 0.486 e. The van der Waals surface area contributed by atoms with E-state index in [1.165, 1.54) is 43.5 Å². The van der Waals surface area contributed by atoms with Crippen LogP contribution in [0.4, 0.5) is 17.6 Å². The van der Waals surface area contributed by atoms with Crippen molar-refractivity contribution in [3.63, 3.8) is 0 Å². The summed E-state index contributed by atoms with van der Waals surface area (Å²) < 4.78 is 63.7. The summed E-state index contributed by atoms with van der Waals surface area (Å²) in [6, 6.07) is 5.55. The van der Waals surface area contributed by atoms with Crippen molar-refractivity contribution in [3.8, 4) is 17.6 Å². The Labute approximate surface area is 217 Å². The third kappa shape index (κ3) is 6.29. The molecular weight excluding hydrogens is 476 g/mol. The normalized spacial score (nSPS) is 23.3. The first-order valence-corrected chi connectivity index (χ1v) is 13.3. The fourth-order valence-electron chi connectivity index (χ4n) is 6.03. The van der Waals surface area contributed by atoms with Crippen LogP contribution in [-0.2, 0) is 0 Å². The standard InChI is InChI=1S/C32H34F4O/c1-3-5-6-7-21-8-9-25-20-26(13-12-24(25)19-21)27-16-14-22(29(33)31(27)35)10-11-23-15-17-28(37-18-4-2)32(36)30(23)34/h3-5,14-17,21,24-26H,2,6-9,12-13,18-20H2,1H3/b5-3+. The lowest BCUT2D eigenvalue weighted by Crippen LogP contribution is -2.30. The zero-order valence-corrected chi connectivity index (χ0v) is 21.3. The number of hydrogen-bond acceptors (Lipinski definition) is 1. The van der Waals surface area contributed by atoms with Crippen LogP contribution < -0.4 is 4.74 Å². The highest BCUT2D eigenvalue weighted by atomic mass is 19.2. The lowest BCUT2D eigenvalue weighted by molar-refractivity contribution is 0.114. The summed E-state index contributed by atoms with van der Waals surface area (Å²) in [7, 11) is 0. The second-order valence-electron chi connectivity index (χ2n) is 10.3. The molecule has 2 fully saturated rings. The van der Waals surface area contributed by atoms with Gasteiger partial charge < -0.3 is 4.74 Å². The molecule has 2 aromatic rings. The average Bonchev–Trinajstić information content (AvgIpc) is 2.91. The first-order valence-electron chi connectivity index (χ1n) is 13.3.